The van der Waals surface area contributed by atoms with Gasteiger partial charge in [-0.15, -0.1) is 0 Å². The van der Waals surface area contributed by atoms with E-state index in [4.69, 9.17) is 5.73 Å². The molecule has 0 aromatic heterocycles. The number of nitrogens with two attached hydrogens (primary N) is 1. The van der Waals surface area contributed by atoms with E-state index in [2.05, 4.69) is 16.7 Å². The van der Waals surface area contributed by atoms with Crippen LogP contribution in [-0.2, 0) is 10.0 Å². The molecule has 0 bridgehead atoms. The van der Waals surface area contributed by atoms with Crippen molar-refractivity contribution in [3.8, 4) is 0 Å². The summed E-state index contributed by atoms with van der Waals surface area (Å²) in [4.78, 5) is 4.94. The number of likely N-dealkylation sites (tertiary alicyclic amines) is 1. The highest BCUT2D eigenvalue weighted by atomic mass is 32.2. The molecule has 0 aliphatic carbocycles. The molecule has 0 saturated carbocycles. The van der Waals surface area contributed by atoms with E-state index in [1.54, 1.807) is 4.31 Å². The molecular formula is C14H30N4O2S. The molecule has 2 fully saturated rings. The van der Waals surface area contributed by atoms with Crippen LogP contribution >= 0.6 is 0 Å². The average molecular weight is 318 g/mol. The van der Waals surface area contributed by atoms with E-state index in [0.29, 0.717) is 19.6 Å². The monoisotopic (exact) mass is 318 g/mol. The molecular weight excluding hydrogens is 288 g/mol. The first-order valence-electron chi connectivity index (χ1n) is 8.04. The maximum atomic E-state index is 11.6. The van der Waals surface area contributed by atoms with Gasteiger partial charge in [-0.1, -0.05) is 6.92 Å². The van der Waals surface area contributed by atoms with Crippen molar-refractivity contribution in [3.05, 3.63) is 0 Å². The van der Waals surface area contributed by atoms with Gasteiger partial charge in [0.05, 0.1) is 6.26 Å². The van der Waals surface area contributed by atoms with Gasteiger partial charge in [0.2, 0.25) is 10.0 Å². The van der Waals surface area contributed by atoms with E-state index < -0.39 is 10.0 Å². The summed E-state index contributed by atoms with van der Waals surface area (Å²) in [6.07, 6.45) is 4.69. The summed E-state index contributed by atoms with van der Waals surface area (Å²) in [7, 11) is -3.06. The summed E-state index contributed by atoms with van der Waals surface area (Å²) in [6.45, 7) is 9.02. The molecule has 0 spiro atoms. The van der Waals surface area contributed by atoms with Gasteiger partial charge >= 0.3 is 0 Å². The van der Waals surface area contributed by atoms with Crippen LogP contribution < -0.4 is 5.73 Å². The normalized spacial score (nSPS) is 31.2. The fourth-order valence-corrected chi connectivity index (χ4v) is 4.52. The number of hydrogen-bond acceptors (Lipinski definition) is 5. The number of piperazine rings is 1. The Balaban J connectivity index is 2.02. The SMILES string of the molecule is CCN1CCCC(CN)(N2CCN(S(C)(=O)=O)CC2)CC1. The van der Waals surface area contributed by atoms with Crippen molar-refractivity contribution in [2.45, 2.75) is 31.7 Å². The fraction of sp³-hybridized carbons (Fsp3) is 1.00. The number of rotatable bonds is 4. The van der Waals surface area contributed by atoms with Crippen LogP contribution in [0.5, 0.6) is 0 Å². The highest BCUT2D eigenvalue weighted by molar-refractivity contribution is 7.88. The van der Waals surface area contributed by atoms with Crippen LogP contribution in [0.15, 0.2) is 0 Å². The molecule has 1 unspecified atom stereocenters. The Morgan fingerprint density at radius 2 is 1.71 bits per heavy atom. The minimum atomic E-state index is -3.06. The maximum Gasteiger partial charge on any atom is 0.211 e. The summed E-state index contributed by atoms with van der Waals surface area (Å²) < 4.78 is 24.8. The van der Waals surface area contributed by atoms with Crippen LogP contribution in [-0.4, -0.2) is 86.7 Å². The third kappa shape index (κ3) is 3.96. The molecule has 2 saturated heterocycles. The van der Waals surface area contributed by atoms with Crippen molar-refractivity contribution in [1.29, 1.82) is 0 Å². The van der Waals surface area contributed by atoms with Crippen molar-refractivity contribution in [3.63, 3.8) is 0 Å². The average Bonchev–Trinajstić information content (AvgIpc) is 2.69. The van der Waals surface area contributed by atoms with Gasteiger partial charge in [0.25, 0.3) is 0 Å². The van der Waals surface area contributed by atoms with Gasteiger partial charge in [0.1, 0.15) is 0 Å². The highest BCUT2D eigenvalue weighted by Gasteiger charge is 2.39. The molecule has 6 nitrogen and oxygen atoms in total. The van der Waals surface area contributed by atoms with Gasteiger partial charge in [-0.25, -0.2) is 8.42 Å². The Kier molecular flexibility index (Phi) is 5.65. The Hall–Kier alpha value is -0.210. The zero-order chi connectivity index (χ0) is 15.5. The lowest BCUT2D eigenvalue weighted by molar-refractivity contribution is 0.0473. The smallest absolute Gasteiger partial charge is 0.211 e. The lowest BCUT2D eigenvalue weighted by Crippen LogP contribution is -2.61. The second-order valence-electron chi connectivity index (χ2n) is 6.37. The van der Waals surface area contributed by atoms with E-state index in [0.717, 1.165) is 45.6 Å². The number of hydrogen-bond donors (Lipinski definition) is 1. The first-order chi connectivity index (χ1) is 9.91. The van der Waals surface area contributed by atoms with Crippen LogP contribution in [0.25, 0.3) is 0 Å². The van der Waals surface area contributed by atoms with Gasteiger partial charge in [-0.2, -0.15) is 4.31 Å². The third-order valence-electron chi connectivity index (χ3n) is 5.22. The van der Waals surface area contributed by atoms with Crippen LogP contribution in [0, 0.1) is 0 Å². The van der Waals surface area contributed by atoms with Gasteiger partial charge in [-0.3, -0.25) is 4.90 Å². The first kappa shape index (κ1) is 17.1. The standard InChI is InChI=1S/C14H30N4O2S/c1-3-16-7-4-5-14(13-15,6-8-16)17-9-11-18(12-10-17)21(2,19)20/h3-13,15H2,1-2H3. The topological polar surface area (TPSA) is 69.9 Å². The van der Waals surface area contributed by atoms with Gasteiger partial charge in [0.15, 0.2) is 0 Å². The van der Waals surface area contributed by atoms with E-state index in [9.17, 15) is 8.42 Å². The summed E-state index contributed by atoms with van der Waals surface area (Å²) in [5, 5.41) is 0. The van der Waals surface area contributed by atoms with Crippen LogP contribution in [0.4, 0.5) is 0 Å². The third-order valence-corrected chi connectivity index (χ3v) is 6.52. The molecule has 2 aliphatic rings. The second kappa shape index (κ2) is 6.91. The quantitative estimate of drug-likeness (QED) is 0.775. The summed E-state index contributed by atoms with van der Waals surface area (Å²) in [5.41, 5.74) is 6.22. The van der Waals surface area contributed by atoms with E-state index >= 15 is 0 Å². The molecule has 2 heterocycles. The highest BCUT2D eigenvalue weighted by Crippen LogP contribution is 2.29. The minimum Gasteiger partial charge on any atom is -0.329 e. The molecule has 0 amide bonds. The van der Waals surface area contributed by atoms with E-state index in [1.165, 1.54) is 12.7 Å². The number of sulfonamides is 1. The molecule has 2 rings (SSSR count). The summed E-state index contributed by atoms with van der Waals surface area (Å²) in [6, 6.07) is 0. The maximum absolute atomic E-state index is 11.6. The lowest BCUT2D eigenvalue weighted by Gasteiger charge is -2.47. The lowest BCUT2D eigenvalue weighted by atomic mass is 9.88. The van der Waals surface area contributed by atoms with Crippen molar-refractivity contribution >= 4 is 10.0 Å². The molecule has 2 N–H and O–H groups in total. The Morgan fingerprint density at radius 3 is 2.24 bits per heavy atom. The van der Waals surface area contributed by atoms with Gasteiger partial charge in [-0.05, 0) is 38.9 Å². The van der Waals surface area contributed by atoms with Crippen molar-refractivity contribution < 1.29 is 8.42 Å². The second-order valence-corrected chi connectivity index (χ2v) is 8.35. The first-order valence-corrected chi connectivity index (χ1v) is 9.89. The Morgan fingerprint density at radius 1 is 1.05 bits per heavy atom. The molecule has 21 heavy (non-hydrogen) atoms. The molecule has 0 radical (unpaired) electrons. The van der Waals surface area contributed by atoms with Crippen molar-refractivity contribution in [2.75, 3.05) is 58.6 Å². The zero-order valence-electron chi connectivity index (χ0n) is 13.4. The predicted octanol–water partition coefficient (Wildman–Crippen LogP) is -0.233. The van der Waals surface area contributed by atoms with Crippen molar-refractivity contribution in [1.82, 2.24) is 14.1 Å². The number of nitrogens with zero attached hydrogens (tertiary/aromatic N) is 3. The minimum absolute atomic E-state index is 0.0630. The molecule has 0 aromatic carbocycles. The van der Waals surface area contributed by atoms with Crippen molar-refractivity contribution in [2.24, 2.45) is 5.73 Å². The molecule has 2 aliphatic heterocycles. The Labute approximate surface area is 129 Å². The zero-order valence-corrected chi connectivity index (χ0v) is 14.2. The fourth-order valence-electron chi connectivity index (χ4n) is 3.69. The van der Waals surface area contributed by atoms with E-state index in [1.807, 2.05) is 0 Å². The molecule has 0 aromatic rings. The predicted molar refractivity (Wildman–Crippen MR) is 85.7 cm³/mol. The van der Waals surface area contributed by atoms with Crippen LogP contribution in [0.2, 0.25) is 0 Å². The Bertz CT molecular complexity index is 434. The largest absolute Gasteiger partial charge is 0.329 e. The van der Waals surface area contributed by atoms with Gasteiger partial charge < -0.3 is 10.6 Å². The van der Waals surface area contributed by atoms with Crippen LogP contribution in [0.1, 0.15) is 26.2 Å². The van der Waals surface area contributed by atoms with Crippen LogP contribution in [0.3, 0.4) is 0 Å². The van der Waals surface area contributed by atoms with Gasteiger partial charge in [0, 0.05) is 38.3 Å². The summed E-state index contributed by atoms with van der Waals surface area (Å²) >= 11 is 0. The molecule has 124 valence electrons. The molecule has 1 atom stereocenters. The summed E-state index contributed by atoms with van der Waals surface area (Å²) in [5.74, 6) is 0. The van der Waals surface area contributed by atoms with E-state index in [-0.39, 0.29) is 5.54 Å². The molecule has 7 heteroatoms.